The van der Waals surface area contributed by atoms with Crippen molar-refractivity contribution in [3.05, 3.63) is 11.1 Å². The van der Waals surface area contributed by atoms with Crippen LogP contribution in [0.4, 0.5) is 13.9 Å². The first-order chi connectivity index (χ1) is 7.50. The number of esters is 1. The standard InChI is InChI=1S/C9H10F2N2O2S/c1-15-7(14)2-6-3-16-8(12-6)13-4-9(10,11)5-13/h3H,2,4-5H2,1H3. The van der Waals surface area contributed by atoms with E-state index in [1.807, 2.05) is 0 Å². The zero-order valence-electron chi connectivity index (χ0n) is 8.57. The van der Waals surface area contributed by atoms with Crippen molar-refractivity contribution in [2.75, 3.05) is 25.1 Å². The maximum atomic E-state index is 12.6. The second kappa shape index (κ2) is 3.97. The normalized spacial score (nSPS) is 18.1. The summed E-state index contributed by atoms with van der Waals surface area (Å²) in [5.74, 6) is -2.99. The highest BCUT2D eigenvalue weighted by Gasteiger charge is 2.45. The minimum atomic E-state index is -2.60. The number of anilines is 1. The second-order valence-electron chi connectivity index (χ2n) is 3.59. The smallest absolute Gasteiger partial charge is 0.311 e. The van der Waals surface area contributed by atoms with Gasteiger partial charge in [0.2, 0.25) is 0 Å². The third-order valence-electron chi connectivity index (χ3n) is 2.21. The summed E-state index contributed by atoms with van der Waals surface area (Å²) < 4.78 is 29.7. The van der Waals surface area contributed by atoms with Gasteiger partial charge in [-0.3, -0.25) is 4.79 Å². The molecule has 1 aromatic rings. The Kier molecular flexibility index (Phi) is 2.79. The molecule has 2 heterocycles. The topological polar surface area (TPSA) is 42.4 Å². The Bertz CT molecular complexity index is 400. The third-order valence-corrected chi connectivity index (χ3v) is 3.16. The predicted molar refractivity (Wildman–Crippen MR) is 55.0 cm³/mol. The molecule has 1 fully saturated rings. The van der Waals surface area contributed by atoms with Gasteiger partial charge in [0.1, 0.15) is 0 Å². The van der Waals surface area contributed by atoms with Gasteiger partial charge >= 0.3 is 5.97 Å². The van der Waals surface area contributed by atoms with E-state index in [9.17, 15) is 13.6 Å². The number of aromatic nitrogens is 1. The highest BCUT2D eigenvalue weighted by atomic mass is 32.1. The largest absolute Gasteiger partial charge is 0.469 e. The van der Waals surface area contributed by atoms with Crippen LogP contribution in [0.2, 0.25) is 0 Å². The number of carbonyl (C=O) groups excluding carboxylic acids is 1. The van der Waals surface area contributed by atoms with Gasteiger partial charge in [-0.25, -0.2) is 13.8 Å². The summed E-state index contributed by atoms with van der Waals surface area (Å²) >= 11 is 1.26. The van der Waals surface area contributed by atoms with Crippen LogP contribution >= 0.6 is 11.3 Å². The first-order valence-electron chi connectivity index (χ1n) is 4.64. The summed E-state index contributed by atoms with van der Waals surface area (Å²) in [5.41, 5.74) is 0.557. The molecule has 1 saturated heterocycles. The molecule has 0 unspecified atom stereocenters. The van der Waals surface area contributed by atoms with Crippen LogP contribution in [0, 0.1) is 0 Å². The molecular weight excluding hydrogens is 238 g/mol. The van der Waals surface area contributed by atoms with Crippen molar-refractivity contribution in [1.29, 1.82) is 0 Å². The first-order valence-corrected chi connectivity index (χ1v) is 5.52. The van der Waals surface area contributed by atoms with Crippen LogP contribution in [0.3, 0.4) is 0 Å². The van der Waals surface area contributed by atoms with Gasteiger partial charge in [0.15, 0.2) is 5.13 Å². The molecule has 0 aromatic carbocycles. The Labute approximate surface area is 94.8 Å². The molecule has 88 valence electrons. The van der Waals surface area contributed by atoms with Crippen LogP contribution in [-0.2, 0) is 16.0 Å². The predicted octanol–water partition coefficient (Wildman–Crippen LogP) is 1.31. The Morgan fingerprint density at radius 1 is 1.69 bits per heavy atom. The number of nitrogens with zero attached hydrogens (tertiary/aromatic N) is 2. The van der Waals surface area contributed by atoms with Crippen LogP contribution in [0.25, 0.3) is 0 Å². The average molecular weight is 248 g/mol. The number of hydrogen-bond donors (Lipinski definition) is 0. The summed E-state index contributed by atoms with van der Waals surface area (Å²) in [7, 11) is 1.30. The van der Waals surface area contributed by atoms with E-state index in [1.165, 1.54) is 23.3 Å². The van der Waals surface area contributed by atoms with E-state index < -0.39 is 5.92 Å². The summed E-state index contributed by atoms with van der Waals surface area (Å²) in [6.45, 7) is -0.587. The van der Waals surface area contributed by atoms with Gasteiger partial charge in [0.25, 0.3) is 5.92 Å². The van der Waals surface area contributed by atoms with E-state index in [0.29, 0.717) is 10.8 Å². The van der Waals surface area contributed by atoms with E-state index in [0.717, 1.165) is 0 Å². The molecule has 7 heteroatoms. The lowest BCUT2D eigenvalue weighted by molar-refractivity contribution is -0.139. The van der Waals surface area contributed by atoms with Crippen molar-refractivity contribution in [1.82, 2.24) is 4.98 Å². The summed E-state index contributed by atoms with van der Waals surface area (Å²) in [6, 6.07) is 0. The molecule has 0 atom stereocenters. The zero-order chi connectivity index (χ0) is 11.8. The number of ether oxygens (including phenoxy) is 1. The van der Waals surface area contributed by atoms with Gasteiger partial charge in [0.05, 0.1) is 32.3 Å². The van der Waals surface area contributed by atoms with Gasteiger partial charge in [-0.1, -0.05) is 0 Å². The molecule has 1 aromatic heterocycles. The summed E-state index contributed by atoms with van der Waals surface area (Å²) in [5, 5.41) is 2.22. The minimum Gasteiger partial charge on any atom is -0.469 e. The molecule has 16 heavy (non-hydrogen) atoms. The van der Waals surface area contributed by atoms with Crippen molar-refractivity contribution >= 4 is 22.4 Å². The zero-order valence-corrected chi connectivity index (χ0v) is 9.39. The fourth-order valence-electron chi connectivity index (χ4n) is 1.39. The molecule has 0 N–H and O–H groups in total. The SMILES string of the molecule is COC(=O)Cc1csc(N2CC(F)(F)C2)n1. The minimum absolute atomic E-state index is 0.0806. The second-order valence-corrected chi connectivity index (χ2v) is 4.42. The Morgan fingerprint density at radius 3 is 2.94 bits per heavy atom. The van der Waals surface area contributed by atoms with Crippen LogP contribution in [-0.4, -0.2) is 37.1 Å². The average Bonchev–Trinajstić information content (AvgIpc) is 2.62. The fourth-order valence-corrected chi connectivity index (χ4v) is 2.22. The molecule has 1 aliphatic rings. The molecule has 0 saturated carbocycles. The van der Waals surface area contributed by atoms with Gasteiger partial charge in [0, 0.05) is 5.38 Å². The van der Waals surface area contributed by atoms with Gasteiger partial charge < -0.3 is 9.64 Å². The monoisotopic (exact) mass is 248 g/mol. The number of carbonyl (C=O) groups is 1. The van der Waals surface area contributed by atoms with Crippen LogP contribution in [0.1, 0.15) is 5.69 Å². The van der Waals surface area contributed by atoms with E-state index in [-0.39, 0.29) is 25.5 Å². The Hall–Kier alpha value is -1.24. The number of alkyl halides is 2. The maximum absolute atomic E-state index is 12.6. The quantitative estimate of drug-likeness (QED) is 0.756. The lowest BCUT2D eigenvalue weighted by Gasteiger charge is -2.38. The molecule has 4 nitrogen and oxygen atoms in total. The summed E-state index contributed by atoms with van der Waals surface area (Å²) in [4.78, 5) is 16.5. The maximum Gasteiger partial charge on any atom is 0.311 e. The van der Waals surface area contributed by atoms with E-state index >= 15 is 0 Å². The summed E-state index contributed by atoms with van der Waals surface area (Å²) in [6.07, 6.45) is 0.0806. The molecule has 1 aliphatic heterocycles. The van der Waals surface area contributed by atoms with Crippen molar-refractivity contribution in [3.8, 4) is 0 Å². The molecular formula is C9H10F2N2O2S. The van der Waals surface area contributed by atoms with Crippen LogP contribution < -0.4 is 4.90 Å². The van der Waals surface area contributed by atoms with Crippen molar-refractivity contribution < 1.29 is 18.3 Å². The number of thiazole rings is 1. The molecule has 0 aliphatic carbocycles. The Balaban J connectivity index is 1.96. The van der Waals surface area contributed by atoms with Gasteiger partial charge in [-0.05, 0) is 0 Å². The molecule has 0 spiro atoms. The van der Waals surface area contributed by atoms with Crippen molar-refractivity contribution in [2.45, 2.75) is 12.3 Å². The van der Waals surface area contributed by atoms with E-state index in [4.69, 9.17) is 0 Å². The number of methoxy groups -OCH3 is 1. The van der Waals surface area contributed by atoms with Crippen molar-refractivity contribution in [2.24, 2.45) is 0 Å². The van der Waals surface area contributed by atoms with Gasteiger partial charge in [-0.15, -0.1) is 11.3 Å². The molecule has 0 bridgehead atoms. The van der Waals surface area contributed by atoms with Crippen molar-refractivity contribution in [3.63, 3.8) is 0 Å². The lowest BCUT2D eigenvalue weighted by atomic mass is 10.2. The molecule has 2 rings (SSSR count). The number of hydrogen-bond acceptors (Lipinski definition) is 5. The van der Waals surface area contributed by atoms with Gasteiger partial charge in [-0.2, -0.15) is 0 Å². The molecule has 0 radical (unpaired) electrons. The highest BCUT2D eigenvalue weighted by molar-refractivity contribution is 7.13. The highest BCUT2D eigenvalue weighted by Crippen LogP contribution is 2.33. The third kappa shape index (κ3) is 2.29. The lowest BCUT2D eigenvalue weighted by Crippen LogP contribution is -2.56. The van der Waals surface area contributed by atoms with Crippen LogP contribution in [0.15, 0.2) is 5.38 Å². The fraction of sp³-hybridized carbons (Fsp3) is 0.556. The first kappa shape index (κ1) is 11.3. The number of rotatable bonds is 3. The van der Waals surface area contributed by atoms with Crippen LogP contribution in [0.5, 0.6) is 0 Å². The molecule has 0 amide bonds. The van der Waals surface area contributed by atoms with E-state index in [2.05, 4.69) is 9.72 Å². The Morgan fingerprint density at radius 2 is 2.38 bits per heavy atom. The number of halogens is 2. The van der Waals surface area contributed by atoms with E-state index in [1.54, 1.807) is 5.38 Å².